The van der Waals surface area contributed by atoms with Crippen LogP contribution in [0.4, 0.5) is 0 Å². The van der Waals surface area contributed by atoms with E-state index in [4.69, 9.17) is 16.3 Å². The van der Waals surface area contributed by atoms with Crippen molar-refractivity contribution in [3.8, 4) is 0 Å². The van der Waals surface area contributed by atoms with Gasteiger partial charge in [-0.1, -0.05) is 30.3 Å². The molecule has 1 aromatic rings. The van der Waals surface area contributed by atoms with Crippen LogP contribution in [0.3, 0.4) is 0 Å². The summed E-state index contributed by atoms with van der Waals surface area (Å²) in [6.07, 6.45) is 1.82. The Kier molecular flexibility index (Phi) is 5.64. The van der Waals surface area contributed by atoms with Crippen LogP contribution in [0, 0.1) is 0 Å². The Labute approximate surface area is 101 Å². The number of hydrogen-bond acceptors (Lipinski definition) is 3. The SMILES string of the molecule is BOC=N[C@@H](Cc1ccccc1)C(=O)CCl. The minimum atomic E-state index is -0.458. The molecule has 0 aliphatic carbocycles. The lowest BCUT2D eigenvalue weighted by Crippen LogP contribution is -2.23. The summed E-state index contributed by atoms with van der Waals surface area (Å²) in [4.78, 5) is 15.5. The maximum Gasteiger partial charge on any atom is 0.323 e. The minimum absolute atomic E-state index is 0.0292. The van der Waals surface area contributed by atoms with Crippen LogP contribution in [-0.4, -0.2) is 32.2 Å². The number of hydrogen-bond donors (Lipinski definition) is 0. The van der Waals surface area contributed by atoms with Gasteiger partial charge in [-0.15, -0.1) is 11.6 Å². The fourth-order valence-electron chi connectivity index (χ4n) is 1.31. The highest BCUT2D eigenvalue weighted by Crippen LogP contribution is 2.07. The zero-order valence-corrected chi connectivity index (χ0v) is 9.85. The molecule has 16 heavy (non-hydrogen) atoms. The van der Waals surface area contributed by atoms with Crippen LogP contribution >= 0.6 is 11.6 Å². The van der Waals surface area contributed by atoms with E-state index in [1.54, 1.807) is 0 Å². The fraction of sp³-hybridized carbons (Fsp3) is 0.273. The molecule has 0 amide bonds. The summed E-state index contributed by atoms with van der Waals surface area (Å²) in [7, 11) is 1.49. The van der Waals surface area contributed by atoms with E-state index in [0.717, 1.165) is 5.56 Å². The lowest BCUT2D eigenvalue weighted by molar-refractivity contribution is -0.117. The molecule has 0 bridgehead atoms. The Morgan fingerprint density at radius 2 is 2.19 bits per heavy atom. The first kappa shape index (κ1) is 12.8. The van der Waals surface area contributed by atoms with Crippen molar-refractivity contribution in [1.82, 2.24) is 0 Å². The fourth-order valence-corrected chi connectivity index (χ4v) is 1.49. The van der Waals surface area contributed by atoms with Crippen LogP contribution in [-0.2, 0) is 15.9 Å². The molecule has 1 rings (SSSR count). The van der Waals surface area contributed by atoms with E-state index < -0.39 is 6.04 Å². The van der Waals surface area contributed by atoms with E-state index >= 15 is 0 Å². The number of rotatable bonds is 6. The smallest absolute Gasteiger partial charge is 0.323 e. The topological polar surface area (TPSA) is 38.7 Å². The molecular formula is C11H13BClNO2. The maximum absolute atomic E-state index is 11.5. The molecule has 0 aromatic heterocycles. The Balaban J connectivity index is 2.71. The third kappa shape index (κ3) is 4.07. The highest BCUT2D eigenvalue weighted by Gasteiger charge is 2.16. The minimum Gasteiger partial charge on any atom is -0.560 e. The summed E-state index contributed by atoms with van der Waals surface area (Å²) >= 11 is 5.53. The molecule has 0 aliphatic heterocycles. The molecule has 0 N–H and O–H groups in total. The number of alkyl halides is 1. The van der Waals surface area contributed by atoms with E-state index in [9.17, 15) is 4.79 Å². The summed E-state index contributed by atoms with van der Waals surface area (Å²) in [6.45, 7) is 0. The third-order valence-electron chi connectivity index (χ3n) is 2.12. The molecule has 3 nitrogen and oxygen atoms in total. The Hall–Kier alpha value is -1.29. The molecule has 1 aromatic carbocycles. The molecule has 84 valence electrons. The van der Waals surface area contributed by atoms with Crippen molar-refractivity contribution >= 4 is 31.8 Å². The lowest BCUT2D eigenvalue weighted by atomic mass is 10.0. The summed E-state index contributed by atoms with van der Waals surface area (Å²) in [5.74, 6) is -0.128. The molecule has 0 aliphatic rings. The van der Waals surface area contributed by atoms with Crippen molar-refractivity contribution in [2.75, 3.05) is 5.88 Å². The molecule has 0 unspecified atom stereocenters. The van der Waals surface area contributed by atoms with Gasteiger partial charge in [-0.3, -0.25) is 4.79 Å². The van der Waals surface area contributed by atoms with Crippen molar-refractivity contribution in [1.29, 1.82) is 0 Å². The summed E-state index contributed by atoms with van der Waals surface area (Å²) < 4.78 is 4.72. The van der Waals surface area contributed by atoms with Gasteiger partial charge in [0, 0.05) is 6.42 Å². The second-order valence-corrected chi connectivity index (χ2v) is 3.56. The van der Waals surface area contributed by atoms with Gasteiger partial charge in [0.1, 0.15) is 6.04 Å². The van der Waals surface area contributed by atoms with Gasteiger partial charge in [0.2, 0.25) is 0 Å². The first-order chi connectivity index (χ1) is 7.77. The van der Waals surface area contributed by atoms with E-state index in [1.165, 1.54) is 14.4 Å². The average molecular weight is 237 g/mol. The van der Waals surface area contributed by atoms with E-state index in [0.29, 0.717) is 6.42 Å². The predicted molar refractivity (Wildman–Crippen MR) is 67.8 cm³/mol. The van der Waals surface area contributed by atoms with Gasteiger partial charge in [-0.25, -0.2) is 4.99 Å². The van der Waals surface area contributed by atoms with Crippen molar-refractivity contribution in [3.05, 3.63) is 35.9 Å². The first-order valence-electron chi connectivity index (χ1n) is 4.95. The van der Waals surface area contributed by atoms with Crippen molar-refractivity contribution < 1.29 is 9.45 Å². The van der Waals surface area contributed by atoms with Gasteiger partial charge in [-0.2, -0.15) is 0 Å². The van der Waals surface area contributed by atoms with Crippen LogP contribution in [0.2, 0.25) is 0 Å². The van der Waals surface area contributed by atoms with Crippen molar-refractivity contribution in [3.63, 3.8) is 0 Å². The average Bonchev–Trinajstić information content (AvgIpc) is 2.34. The highest BCUT2D eigenvalue weighted by atomic mass is 35.5. The molecule has 0 saturated carbocycles. The third-order valence-corrected chi connectivity index (χ3v) is 2.38. The standard InChI is InChI=1S/C11H13BClNO2/c12-16-8-14-10(11(15)7-13)6-9-4-2-1-3-5-9/h1-5,8,10H,6-7,12H2/t10-/m0/s1. The maximum atomic E-state index is 11.5. The molecule has 0 heterocycles. The van der Waals surface area contributed by atoms with Crippen molar-refractivity contribution in [2.45, 2.75) is 12.5 Å². The van der Waals surface area contributed by atoms with Gasteiger partial charge in [0.05, 0.1) is 5.88 Å². The lowest BCUT2D eigenvalue weighted by Gasteiger charge is -2.09. The number of carbonyl (C=O) groups excluding carboxylic acids is 1. The molecular weight excluding hydrogens is 224 g/mol. The van der Waals surface area contributed by atoms with Crippen LogP contribution < -0.4 is 0 Å². The van der Waals surface area contributed by atoms with Gasteiger partial charge < -0.3 is 4.65 Å². The summed E-state index contributed by atoms with van der Waals surface area (Å²) in [5.41, 5.74) is 1.05. The molecule has 0 saturated heterocycles. The molecule has 0 spiro atoms. The largest absolute Gasteiger partial charge is 0.560 e. The van der Waals surface area contributed by atoms with Crippen molar-refractivity contribution in [2.24, 2.45) is 4.99 Å². The van der Waals surface area contributed by atoms with Crippen LogP contribution in [0.1, 0.15) is 5.56 Å². The predicted octanol–water partition coefficient (Wildman–Crippen LogP) is 0.999. The Bertz CT molecular complexity index is 356. The number of carbonyl (C=O) groups is 1. The number of benzene rings is 1. The zero-order chi connectivity index (χ0) is 11.8. The molecule has 1 atom stereocenters. The summed E-state index contributed by atoms with van der Waals surface area (Å²) in [6, 6.07) is 9.24. The monoisotopic (exact) mass is 237 g/mol. The zero-order valence-electron chi connectivity index (χ0n) is 9.10. The second-order valence-electron chi connectivity index (χ2n) is 3.30. The molecule has 0 fully saturated rings. The van der Waals surface area contributed by atoms with E-state index in [2.05, 4.69) is 4.99 Å². The number of Topliss-reactive ketones (excluding diaryl/α,β-unsaturated/α-hetero) is 1. The number of nitrogens with zero attached hydrogens (tertiary/aromatic N) is 1. The Morgan fingerprint density at radius 1 is 1.50 bits per heavy atom. The molecule has 0 radical (unpaired) electrons. The van der Waals surface area contributed by atoms with Gasteiger partial charge in [0.25, 0.3) is 0 Å². The van der Waals surface area contributed by atoms with Gasteiger partial charge >= 0.3 is 8.05 Å². The Morgan fingerprint density at radius 3 is 2.75 bits per heavy atom. The van der Waals surface area contributed by atoms with E-state index in [1.807, 2.05) is 30.3 Å². The number of ketones is 1. The summed E-state index contributed by atoms with van der Waals surface area (Å²) in [5, 5.41) is 0. The number of halogens is 1. The van der Waals surface area contributed by atoms with Gasteiger partial charge in [-0.05, 0) is 5.56 Å². The van der Waals surface area contributed by atoms with Crippen LogP contribution in [0.15, 0.2) is 35.3 Å². The quantitative estimate of drug-likeness (QED) is 0.320. The first-order valence-corrected chi connectivity index (χ1v) is 5.48. The molecule has 5 heteroatoms. The van der Waals surface area contributed by atoms with Crippen LogP contribution in [0.25, 0.3) is 0 Å². The second kappa shape index (κ2) is 7.07. The normalized spacial score (nSPS) is 12.6. The van der Waals surface area contributed by atoms with Gasteiger partial charge in [0.15, 0.2) is 12.2 Å². The number of aliphatic imine (C=N–C) groups is 1. The highest BCUT2D eigenvalue weighted by molar-refractivity contribution is 6.28. The van der Waals surface area contributed by atoms with Crippen LogP contribution in [0.5, 0.6) is 0 Å². The van der Waals surface area contributed by atoms with E-state index in [-0.39, 0.29) is 11.7 Å².